The molecule has 0 aromatic heterocycles. The smallest absolute Gasteiger partial charge is 0.243 e. The van der Waals surface area contributed by atoms with E-state index in [1.165, 1.54) is 0 Å². The average Bonchev–Trinajstić information content (AvgIpc) is 2.60. The van der Waals surface area contributed by atoms with Crippen LogP contribution >= 0.6 is 0 Å². The molecule has 126 valence electrons. The molecule has 1 aliphatic heterocycles. The zero-order valence-electron chi connectivity index (χ0n) is 13.6. The summed E-state index contributed by atoms with van der Waals surface area (Å²) in [6.07, 6.45) is 2.09. The molecule has 0 aliphatic carbocycles. The molecule has 1 saturated heterocycles. The quantitative estimate of drug-likeness (QED) is 0.731. The van der Waals surface area contributed by atoms with Gasteiger partial charge in [-0.2, -0.15) is 0 Å². The number of carbonyl (C=O) groups excluding carboxylic acids is 2. The Hall–Kier alpha value is -1.92. The third kappa shape index (κ3) is 4.53. The Labute approximate surface area is 136 Å². The Bertz CT molecular complexity index is 554. The van der Waals surface area contributed by atoms with Crippen molar-refractivity contribution in [2.75, 3.05) is 31.6 Å². The van der Waals surface area contributed by atoms with Crippen molar-refractivity contribution in [3.05, 3.63) is 29.8 Å². The van der Waals surface area contributed by atoms with Crippen LogP contribution in [0.4, 0.5) is 5.69 Å². The van der Waals surface area contributed by atoms with Crippen molar-refractivity contribution in [3.8, 4) is 0 Å². The molecular weight excluding hydrogens is 294 g/mol. The molecule has 6 heteroatoms. The molecule has 2 rings (SSSR count). The number of nitrogens with two attached hydrogens (primary N) is 1. The fourth-order valence-electron chi connectivity index (χ4n) is 2.71. The number of aryl methyl sites for hydroxylation is 1. The van der Waals surface area contributed by atoms with Crippen molar-refractivity contribution in [1.29, 1.82) is 0 Å². The summed E-state index contributed by atoms with van der Waals surface area (Å²) in [7, 11) is 0. The predicted octanol–water partition coefficient (Wildman–Crippen LogP) is 1.06. The lowest BCUT2D eigenvalue weighted by molar-refractivity contribution is -0.137. The summed E-state index contributed by atoms with van der Waals surface area (Å²) in [6, 6.07) is 7.67. The maximum absolute atomic E-state index is 12.4. The second-order valence-corrected chi connectivity index (χ2v) is 5.88. The molecule has 0 radical (unpaired) electrons. The van der Waals surface area contributed by atoms with E-state index in [2.05, 4.69) is 17.6 Å². The van der Waals surface area contributed by atoms with E-state index >= 15 is 0 Å². The third-order valence-corrected chi connectivity index (χ3v) is 4.35. The van der Waals surface area contributed by atoms with Gasteiger partial charge in [-0.25, -0.2) is 0 Å². The highest BCUT2D eigenvalue weighted by atomic mass is 16.5. The van der Waals surface area contributed by atoms with E-state index in [0.717, 1.165) is 17.7 Å². The summed E-state index contributed by atoms with van der Waals surface area (Å²) in [5.74, 6) is -0.411. The van der Waals surface area contributed by atoms with Crippen LogP contribution in [0.5, 0.6) is 0 Å². The highest BCUT2D eigenvalue weighted by molar-refractivity contribution is 5.95. The summed E-state index contributed by atoms with van der Waals surface area (Å²) < 4.78 is 5.29. The maximum Gasteiger partial charge on any atom is 0.243 e. The zero-order valence-corrected chi connectivity index (χ0v) is 13.6. The molecule has 0 bridgehead atoms. The normalized spacial score (nSPS) is 16.6. The number of ether oxygens (including phenoxy) is 1. The summed E-state index contributed by atoms with van der Waals surface area (Å²) in [4.78, 5) is 24.4. The number of nitrogens with one attached hydrogen (secondary N) is 2. The van der Waals surface area contributed by atoms with Gasteiger partial charge in [-0.1, -0.05) is 19.1 Å². The predicted molar refractivity (Wildman–Crippen MR) is 89.0 cm³/mol. The summed E-state index contributed by atoms with van der Waals surface area (Å²) in [5, 5.41) is 5.50. The third-order valence-electron chi connectivity index (χ3n) is 4.35. The topological polar surface area (TPSA) is 93.5 Å². The summed E-state index contributed by atoms with van der Waals surface area (Å²) in [5.41, 5.74) is 7.06. The van der Waals surface area contributed by atoms with Crippen LogP contribution in [0.25, 0.3) is 0 Å². The van der Waals surface area contributed by atoms with Crippen molar-refractivity contribution in [2.45, 2.75) is 26.2 Å². The van der Waals surface area contributed by atoms with Crippen LogP contribution in [0.2, 0.25) is 0 Å². The van der Waals surface area contributed by atoms with Gasteiger partial charge in [-0.05, 0) is 37.0 Å². The minimum atomic E-state index is -0.610. The highest BCUT2D eigenvalue weighted by Crippen LogP contribution is 2.29. The highest BCUT2D eigenvalue weighted by Gasteiger charge is 2.38. The van der Waals surface area contributed by atoms with Gasteiger partial charge in [-0.15, -0.1) is 0 Å². The molecule has 6 nitrogen and oxygen atoms in total. The van der Waals surface area contributed by atoms with Crippen molar-refractivity contribution in [2.24, 2.45) is 11.1 Å². The Balaban J connectivity index is 1.86. The number of hydrogen-bond donors (Lipinski definition) is 3. The van der Waals surface area contributed by atoms with Crippen molar-refractivity contribution < 1.29 is 14.3 Å². The first-order chi connectivity index (χ1) is 11.1. The second-order valence-electron chi connectivity index (χ2n) is 5.88. The van der Waals surface area contributed by atoms with E-state index in [1.807, 2.05) is 24.3 Å². The molecular formula is C17H25N3O3. The Kier molecular flexibility index (Phi) is 6.12. The summed E-state index contributed by atoms with van der Waals surface area (Å²) in [6.45, 7) is 3.32. The van der Waals surface area contributed by atoms with Crippen LogP contribution in [0.3, 0.4) is 0 Å². The first-order valence-corrected chi connectivity index (χ1v) is 8.04. The lowest BCUT2D eigenvalue weighted by atomic mass is 9.79. The largest absolute Gasteiger partial charge is 0.381 e. The number of hydrogen-bond acceptors (Lipinski definition) is 4. The molecule has 1 aromatic rings. The van der Waals surface area contributed by atoms with Crippen LogP contribution in [-0.2, 0) is 20.7 Å². The van der Waals surface area contributed by atoms with E-state index in [1.54, 1.807) is 0 Å². The SMILES string of the molecule is CCc1cccc(NC(=O)CNC(=O)C2(CN)CCOCC2)c1. The lowest BCUT2D eigenvalue weighted by Crippen LogP contribution is -2.50. The summed E-state index contributed by atoms with van der Waals surface area (Å²) >= 11 is 0. The van der Waals surface area contributed by atoms with Gasteiger partial charge >= 0.3 is 0 Å². The van der Waals surface area contributed by atoms with Crippen molar-refractivity contribution >= 4 is 17.5 Å². The van der Waals surface area contributed by atoms with Crippen molar-refractivity contribution in [1.82, 2.24) is 5.32 Å². The zero-order chi connectivity index (χ0) is 16.7. The number of rotatable bonds is 6. The molecule has 1 fully saturated rings. The van der Waals surface area contributed by atoms with E-state index in [0.29, 0.717) is 26.1 Å². The maximum atomic E-state index is 12.4. The first kappa shape index (κ1) is 17.4. The first-order valence-electron chi connectivity index (χ1n) is 8.04. The molecule has 1 aromatic carbocycles. The van der Waals surface area contributed by atoms with Gasteiger partial charge < -0.3 is 21.1 Å². The minimum absolute atomic E-state index is 0.0577. The molecule has 1 heterocycles. The fourth-order valence-corrected chi connectivity index (χ4v) is 2.71. The van der Waals surface area contributed by atoms with Gasteiger partial charge in [0.1, 0.15) is 0 Å². The second kappa shape index (κ2) is 8.08. The average molecular weight is 319 g/mol. The monoisotopic (exact) mass is 319 g/mol. The molecule has 2 amide bonds. The number of carbonyl (C=O) groups is 2. The van der Waals surface area contributed by atoms with E-state index in [-0.39, 0.29) is 24.9 Å². The Morgan fingerprint density at radius 3 is 2.70 bits per heavy atom. The molecule has 4 N–H and O–H groups in total. The van der Waals surface area contributed by atoms with E-state index < -0.39 is 5.41 Å². The molecule has 0 atom stereocenters. The van der Waals surface area contributed by atoms with Crippen LogP contribution in [0.1, 0.15) is 25.3 Å². The van der Waals surface area contributed by atoms with Gasteiger partial charge in [0.2, 0.25) is 11.8 Å². The van der Waals surface area contributed by atoms with Crippen LogP contribution in [-0.4, -0.2) is 38.1 Å². The molecule has 23 heavy (non-hydrogen) atoms. The van der Waals surface area contributed by atoms with Gasteiger partial charge in [0.05, 0.1) is 12.0 Å². The van der Waals surface area contributed by atoms with Gasteiger partial charge in [0.25, 0.3) is 0 Å². The van der Waals surface area contributed by atoms with Crippen LogP contribution in [0, 0.1) is 5.41 Å². The standard InChI is InChI=1S/C17H25N3O3/c1-2-13-4-3-5-14(10-13)20-15(21)11-19-16(22)17(12-18)6-8-23-9-7-17/h3-5,10H,2,6-9,11-12,18H2,1H3,(H,19,22)(H,20,21). The number of anilines is 1. The number of benzene rings is 1. The minimum Gasteiger partial charge on any atom is -0.381 e. The Morgan fingerprint density at radius 2 is 2.04 bits per heavy atom. The van der Waals surface area contributed by atoms with Gasteiger partial charge in [0, 0.05) is 25.4 Å². The van der Waals surface area contributed by atoms with Crippen LogP contribution in [0.15, 0.2) is 24.3 Å². The van der Waals surface area contributed by atoms with E-state index in [4.69, 9.17) is 10.5 Å². The molecule has 0 unspecified atom stereocenters. The fraction of sp³-hybridized carbons (Fsp3) is 0.529. The molecule has 0 saturated carbocycles. The molecule has 1 aliphatic rings. The van der Waals surface area contributed by atoms with E-state index in [9.17, 15) is 9.59 Å². The molecule has 0 spiro atoms. The van der Waals surface area contributed by atoms with Gasteiger partial charge in [-0.3, -0.25) is 9.59 Å². The van der Waals surface area contributed by atoms with Gasteiger partial charge in [0.15, 0.2) is 0 Å². The number of amides is 2. The van der Waals surface area contributed by atoms with Crippen LogP contribution < -0.4 is 16.4 Å². The van der Waals surface area contributed by atoms with Crippen molar-refractivity contribution in [3.63, 3.8) is 0 Å². The Morgan fingerprint density at radius 1 is 1.30 bits per heavy atom. The lowest BCUT2D eigenvalue weighted by Gasteiger charge is -2.34.